The highest BCUT2D eigenvalue weighted by Gasteiger charge is 2.32. The number of rotatable bonds is 11. The van der Waals surface area contributed by atoms with E-state index in [0.29, 0.717) is 65.0 Å². The van der Waals surface area contributed by atoms with Crippen molar-refractivity contribution in [2.45, 2.75) is 78.6 Å². The number of anilines is 2. The topological polar surface area (TPSA) is 110 Å². The van der Waals surface area contributed by atoms with Gasteiger partial charge in [0.05, 0.1) is 25.5 Å². The normalized spacial score (nSPS) is 17.4. The van der Waals surface area contributed by atoms with Gasteiger partial charge in [0.2, 0.25) is 0 Å². The van der Waals surface area contributed by atoms with Crippen molar-refractivity contribution in [1.82, 2.24) is 19.8 Å². The van der Waals surface area contributed by atoms with Crippen molar-refractivity contribution in [2.75, 3.05) is 68.8 Å². The number of nitrogens with zero attached hydrogens (tertiary/aromatic N) is 6. The number of piperidine rings is 1. The average Bonchev–Trinajstić information content (AvgIpc) is 3.21. The lowest BCUT2D eigenvalue weighted by atomic mass is 9.99. The van der Waals surface area contributed by atoms with E-state index in [4.69, 9.17) is 28.9 Å². The fourth-order valence-corrected chi connectivity index (χ4v) is 7.66. The molecular weight excluding hydrogens is 709 g/mol. The van der Waals surface area contributed by atoms with E-state index in [0.717, 1.165) is 78.1 Å². The number of ether oxygens (including phenoxy) is 4. The molecule has 56 heavy (non-hydrogen) atoms. The predicted octanol–water partition coefficient (Wildman–Crippen LogP) is 7.86. The smallest absolute Gasteiger partial charge is 0.410 e. The van der Waals surface area contributed by atoms with Gasteiger partial charge >= 0.3 is 18.2 Å². The van der Waals surface area contributed by atoms with Crippen LogP contribution in [0.4, 0.5) is 21.1 Å². The molecule has 7 rings (SSSR count). The van der Waals surface area contributed by atoms with Gasteiger partial charge in [0.15, 0.2) is 0 Å². The van der Waals surface area contributed by atoms with Crippen molar-refractivity contribution < 1.29 is 28.5 Å². The largest absolute Gasteiger partial charge is 0.493 e. The highest BCUT2D eigenvalue weighted by atomic mass is 16.6. The maximum absolute atomic E-state index is 13.0. The van der Waals surface area contributed by atoms with E-state index in [1.807, 2.05) is 51.1 Å². The van der Waals surface area contributed by atoms with Crippen molar-refractivity contribution >= 4 is 34.5 Å². The van der Waals surface area contributed by atoms with Crippen molar-refractivity contribution in [3.63, 3.8) is 0 Å². The molecule has 1 aromatic heterocycles. The molecule has 0 saturated carbocycles. The molecular formula is C44H56N6O6. The minimum absolute atomic E-state index is 0.128. The molecule has 0 radical (unpaired) electrons. The van der Waals surface area contributed by atoms with Crippen LogP contribution < -0.4 is 19.3 Å². The molecule has 0 spiro atoms. The molecule has 3 aliphatic heterocycles. The first kappa shape index (κ1) is 39.0. The molecule has 12 heteroatoms. The number of likely N-dealkylation sites (tertiary alicyclic amines) is 1. The van der Waals surface area contributed by atoms with Gasteiger partial charge in [0, 0.05) is 74.4 Å². The molecule has 2 fully saturated rings. The van der Waals surface area contributed by atoms with Gasteiger partial charge in [0.1, 0.15) is 23.8 Å². The van der Waals surface area contributed by atoms with Crippen LogP contribution in [0.3, 0.4) is 0 Å². The second-order valence-electron chi connectivity index (χ2n) is 16.1. The molecule has 0 N–H and O–H groups in total. The first-order valence-corrected chi connectivity index (χ1v) is 20.2. The Labute approximate surface area is 330 Å². The fraction of sp³-hybridized carbons (Fsp3) is 0.500. The molecule has 0 aliphatic carbocycles. The van der Waals surface area contributed by atoms with E-state index in [9.17, 15) is 9.59 Å². The van der Waals surface area contributed by atoms with Gasteiger partial charge in [-0.05, 0) is 63.5 Å². The van der Waals surface area contributed by atoms with Gasteiger partial charge in [-0.15, -0.1) is 0 Å². The second-order valence-corrected chi connectivity index (χ2v) is 16.1. The Bertz CT molecular complexity index is 1960. The summed E-state index contributed by atoms with van der Waals surface area (Å²) < 4.78 is 24.0. The van der Waals surface area contributed by atoms with Crippen molar-refractivity contribution in [3.05, 3.63) is 83.6 Å². The van der Waals surface area contributed by atoms with E-state index in [2.05, 4.69) is 53.1 Å². The second kappa shape index (κ2) is 17.7. The predicted molar refractivity (Wildman–Crippen MR) is 218 cm³/mol. The van der Waals surface area contributed by atoms with E-state index in [1.165, 1.54) is 5.39 Å². The Morgan fingerprint density at radius 2 is 1.62 bits per heavy atom. The van der Waals surface area contributed by atoms with E-state index < -0.39 is 5.60 Å². The zero-order chi connectivity index (χ0) is 39.1. The Kier molecular flexibility index (Phi) is 12.3. The number of fused-ring (bicyclic) bond motifs is 2. The Hall–Kier alpha value is -5.26. The van der Waals surface area contributed by atoms with E-state index >= 15 is 0 Å². The van der Waals surface area contributed by atoms with Gasteiger partial charge in [0.25, 0.3) is 0 Å². The van der Waals surface area contributed by atoms with Gasteiger partial charge in [-0.25, -0.2) is 9.59 Å². The highest BCUT2D eigenvalue weighted by Crippen LogP contribution is 2.37. The van der Waals surface area contributed by atoms with Crippen LogP contribution in [0.25, 0.3) is 10.8 Å². The summed E-state index contributed by atoms with van der Waals surface area (Å²) in [5.41, 5.74) is 3.58. The first-order chi connectivity index (χ1) is 27.1. The number of piperazine rings is 1. The summed E-state index contributed by atoms with van der Waals surface area (Å²) in [7, 11) is 0. The van der Waals surface area contributed by atoms with Crippen LogP contribution >= 0.6 is 0 Å². The third kappa shape index (κ3) is 9.75. The fourth-order valence-electron chi connectivity index (χ4n) is 7.66. The van der Waals surface area contributed by atoms with Crippen LogP contribution in [0.5, 0.6) is 11.8 Å². The van der Waals surface area contributed by atoms with Gasteiger partial charge in [-0.1, -0.05) is 67.9 Å². The lowest BCUT2D eigenvalue weighted by Crippen LogP contribution is -2.49. The Balaban J connectivity index is 1.11. The number of unbranched alkanes of at least 4 members (excludes halogenated alkanes) is 1. The molecule has 298 valence electrons. The number of hydrogen-bond donors (Lipinski definition) is 0. The summed E-state index contributed by atoms with van der Waals surface area (Å²) in [4.78, 5) is 44.2. The molecule has 3 aliphatic rings. The minimum atomic E-state index is -0.550. The average molecular weight is 765 g/mol. The number of aromatic nitrogens is 2. The van der Waals surface area contributed by atoms with Crippen molar-refractivity contribution in [3.8, 4) is 11.8 Å². The van der Waals surface area contributed by atoms with Crippen LogP contribution in [0.15, 0.2) is 66.7 Å². The van der Waals surface area contributed by atoms with E-state index in [1.54, 1.807) is 9.80 Å². The lowest BCUT2D eigenvalue weighted by Gasteiger charge is -2.38. The zero-order valence-electron chi connectivity index (χ0n) is 33.4. The first-order valence-electron chi connectivity index (χ1n) is 20.2. The summed E-state index contributed by atoms with van der Waals surface area (Å²) in [6.45, 7) is 14.0. The maximum atomic E-state index is 13.0. The summed E-state index contributed by atoms with van der Waals surface area (Å²) >= 11 is 0. The lowest BCUT2D eigenvalue weighted by molar-refractivity contribution is 0.0137. The summed E-state index contributed by atoms with van der Waals surface area (Å²) in [6, 6.07) is 22.8. The SMILES string of the molecule is CCCCOc1cc(N2CCc3c(nc(OC[C@@H]4CCCN(C(=O)OC(C)(C)C)C4)nc3N3CCN(C(=O)OCc4ccccc4)CC3)C2)c2ccccc2c1. The number of hydrogen-bond acceptors (Lipinski definition) is 10. The number of carbonyl (C=O) groups is 2. The van der Waals surface area contributed by atoms with Crippen LogP contribution in [0.1, 0.15) is 70.2 Å². The molecule has 0 bridgehead atoms. The van der Waals surface area contributed by atoms with E-state index in [-0.39, 0.29) is 24.7 Å². The van der Waals surface area contributed by atoms with Crippen molar-refractivity contribution in [2.24, 2.45) is 5.92 Å². The third-order valence-electron chi connectivity index (χ3n) is 10.6. The standard InChI is InChI=1S/C44H56N6O6/c1-5-6-25-53-35-26-34-16-10-11-17-36(34)39(27-35)49-20-18-37-38(29-49)45-41(54-31-33-15-12-19-50(28-33)43(52)56-44(2,3)4)46-40(37)47-21-23-48(24-22-47)42(51)55-30-32-13-8-7-9-14-32/h7-11,13-14,16-17,26-27,33H,5-6,12,15,18-25,28-31H2,1-4H3/t33-/m1/s1. The molecule has 4 heterocycles. The zero-order valence-corrected chi connectivity index (χ0v) is 33.4. The molecule has 0 unspecified atom stereocenters. The van der Waals surface area contributed by atoms with Gasteiger partial charge in [-0.2, -0.15) is 9.97 Å². The quantitative estimate of drug-likeness (QED) is 0.140. The molecule has 2 saturated heterocycles. The summed E-state index contributed by atoms with van der Waals surface area (Å²) in [5.74, 6) is 1.86. The van der Waals surface area contributed by atoms with Crippen LogP contribution in [-0.2, 0) is 29.0 Å². The summed E-state index contributed by atoms with van der Waals surface area (Å²) in [5, 5.41) is 2.31. The third-order valence-corrected chi connectivity index (χ3v) is 10.6. The van der Waals surface area contributed by atoms with Crippen LogP contribution in [0, 0.1) is 5.92 Å². The van der Waals surface area contributed by atoms with Gasteiger partial charge < -0.3 is 38.5 Å². The monoisotopic (exact) mass is 764 g/mol. The molecule has 12 nitrogen and oxygen atoms in total. The Morgan fingerprint density at radius 3 is 2.41 bits per heavy atom. The molecule has 2 amide bonds. The summed E-state index contributed by atoms with van der Waals surface area (Å²) in [6.07, 6.45) is 4.07. The molecule has 4 aromatic rings. The maximum Gasteiger partial charge on any atom is 0.410 e. The van der Waals surface area contributed by atoms with Crippen LogP contribution in [-0.4, -0.2) is 96.6 Å². The highest BCUT2D eigenvalue weighted by molar-refractivity contribution is 5.96. The molecule has 3 aromatic carbocycles. The minimum Gasteiger partial charge on any atom is -0.493 e. The van der Waals surface area contributed by atoms with Crippen LogP contribution in [0.2, 0.25) is 0 Å². The Morgan fingerprint density at radius 1 is 0.839 bits per heavy atom. The number of amides is 2. The van der Waals surface area contributed by atoms with Crippen molar-refractivity contribution in [1.29, 1.82) is 0 Å². The number of carbonyl (C=O) groups excluding carboxylic acids is 2. The number of benzene rings is 3. The molecule has 1 atom stereocenters. The van der Waals surface area contributed by atoms with Gasteiger partial charge in [-0.3, -0.25) is 0 Å².